The smallest absolute Gasteiger partial charge is 0.311 e. The summed E-state index contributed by atoms with van der Waals surface area (Å²) in [5, 5.41) is 15.7. The Morgan fingerprint density at radius 2 is 1.66 bits per heavy atom. The number of phenolic OH excluding ortho intramolecular Hbond substituents is 1. The number of esters is 1. The maximum absolute atomic E-state index is 12.9. The number of anilines is 1. The second kappa shape index (κ2) is 8.53. The maximum Gasteiger partial charge on any atom is 0.311 e. The highest BCUT2D eigenvalue weighted by molar-refractivity contribution is 7.14. The highest BCUT2D eigenvalue weighted by atomic mass is 32.1. The average Bonchev–Trinajstić information content (AvgIpc) is 2.99. The van der Waals surface area contributed by atoms with E-state index in [2.05, 4.69) is 10.3 Å². The van der Waals surface area contributed by atoms with Gasteiger partial charge in [-0.15, -0.1) is 11.3 Å². The molecule has 0 radical (unpaired) electrons. The van der Waals surface area contributed by atoms with Gasteiger partial charge in [0.1, 0.15) is 5.75 Å². The number of hydrogen-bond donors (Lipinski definition) is 2. The van der Waals surface area contributed by atoms with Gasteiger partial charge in [0.2, 0.25) is 0 Å². The van der Waals surface area contributed by atoms with Gasteiger partial charge < -0.3 is 9.84 Å². The molecule has 0 unspecified atom stereocenters. The lowest BCUT2D eigenvalue weighted by Crippen LogP contribution is -2.20. The molecular weight excluding hydrogens is 388 g/mol. The lowest BCUT2D eigenvalue weighted by Gasteiger charge is -2.28. The molecule has 2 rings (SSSR count). The van der Waals surface area contributed by atoms with Crippen LogP contribution in [-0.4, -0.2) is 28.6 Å². The summed E-state index contributed by atoms with van der Waals surface area (Å²) in [5.41, 5.74) is 1.80. The SMILES string of the molecule is CCOC(=O)Cc1csc(NC(=O)c2cc(C(C)(C)C)c(O)c(C(C)(C)C)c2)n1. The third-order valence-corrected chi connectivity index (χ3v) is 5.20. The maximum atomic E-state index is 12.9. The fourth-order valence-corrected chi connectivity index (χ4v) is 3.59. The molecular formula is C22H30N2O4S. The summed E-state index contributed by atoms with van der Waals surface area (Å²) in [6.45, 7) is 14.1. The molecule has 0 atom stereocenters. The van der Waals surface area contributed by atoms with Crippen LogP contribution in [0.25, 0.3) is 0 Å². The summed E-state index contributed by atoms with van der Waals surface area (Å²) in [5.74, 6) is -0.426. The van der Waals surface area contributed by atoms with Crippen LogP contribution in [0.15, 0.2) is 17.5 Å². The van der Waals surface area contributed by atoms with Crippen molar-refractivity contribution in [2.75, 3.05) is 11.9 Å². The van der Waals surface area contributed by atoms with Crippen LogP contribution in [-0.2, 0) is 26.8 Å². The molecule has 158 valence electrons. The Balaban J connectivity index is 2.31. The van der Waals surface area contributed by atoms with Crippen molar-refractivity contribution >= 4 is 28.3 Å². The van der Waals surface area contributed by atoms with E-state index in [9.17, 15) is 14.7 Å². The van der Waals surface area contributed by atoms with E-state index in [1.54, 1.807) is 24.4 Å². The Hall–Kier alpha value is -2.41. The van der Waals surface area contributed by atoms with E-state index >= 15 is 0 Å². The van der Waals surface area contributed by atoms with Gasteiger partial charge in [0.05, 0.1) is 18.7 Å². The van der Waals surface area contributed by atoms with Crippen LogP contribution < -0.4 is 5.32 Å². The molecule has 1 aromatic heterocycles. The summed E-state index contributed by atoms with van der Waals surface area (Å²) in [4.78, 5) is 28.8. The van der Waals surface area contributed by atoms with Crippen LogP contribution in [0.3, 0.4) is 0 Å². The molecule has 0 bridgehead atoms. The number of amides is 1. The van der Waals surface area contributed by atoms with Gasteiger partial charge in [-0.25, -0.2) is 4.98 Å². The van der Waals surface area contributed by atoms with Gasteiger partial charge in [0.15, 0.2) is 5.13 Å². The molecule has 0 aliphatic rings. The summed E-state index contributed by atoms with van der Waals surface area (Å²) in [6, 6.07) is 3.46. The second-order valence-corrected chi connectivity index (χ2v) is 9.86. The van der Waals surface area contributed by atoms with Crippen molar-refractivity contribution in [1.82, 2.24) is 4.98 Å². The van der Waals surface area contributed by atoms with Gasteiger partial charge in [-0.05, 0) is 29.9 Å². The first-order valence-corrected chi connectivity index (χ1v) is 10.5. The number of carbonyl (C=O) groups excluding carboxylic acids is 2. The van der Waals surface area contributed by atoms with E-state index in [1.807, 2.05) is 41.5 Å². The van der Waals surface area contributed by atoms with Crippen molar-refractivity contribution < 1.29 is 19.4 Å². The lowest BCUT2D eigenvalue weighted by molar-refractivity contribution is -0.142. The van der Waals surface area contributed by atoms with Crippen LogP contribution in [0.2, 0.25) is 0 Å². The Morgan fingerprint density at radius 1 is 1.10 bits per heavy atom. The Morgan fingerprint density at radius 3 is 2.14 bits per heavy atom. The number of benzene rings is 1. The molecule has 0 saturated carbocycles. The summed E-state index contributed by atoms with van der Waals surface area (Å²) >= 11 is 1.26. The van der Waals surface area contributed by atoms with E-state index in [4.69, 9.17) is 4.74 Å². The van der Waals surface area contributed by atoms with Gasteiger partial charge in [-0.1, -0.05) is 41.5 Å². The highest BCUT2D eigenvalue weighted by Crippen LogP contribution is 2.39. The number of aromatic nitrogens is 1. The van der Waals surface area contributed by atoms with Gasteiger partial charge in [-0.3, -0.25) is 14.9 Å². The first kappa shape index (κ1) is 22.9. The molecule has 2 aromatic rings. The number of aromatic hydroxyl groups is 1. The van der Waals surface area contributed by atoms with Crippen molar-refractivity contribution in [3.8, 4) is 5.75 Å². The van der Waals surface area contributed by atoms with Crippen molar-refractivity contribution in [3.63, 3.8) is 0 Å². The molecule has 1 heterocycles. The van der Waals surface area contributed by atoms with Crippen molar-refractivity contribution in [3.05, 3.63) is 39.9 Å². The first-order chi connectivity index (χ1) is 13.3. The zero-order valence-electron chi connectivity index (χ0n) is 18.2. The Bertz CT molecular complexity index is 869. The van der Waals surface area contributed by atoms with Crippen molar-refractivity contribution in [2.24, 2.45) is 0 Å². The number of nitrogens with zero attached hydrogens (tertiary/aromatic N) is 1. The van der Waals surface area contributed by atoms with Gasteiger partial charge >= 0.3 is 5.97 Å². The monoisotopic (exact) mass is 418 g/mol. The normalized spacial score (nSPS) is 12.0. The number of nitrogens with one attached hydrogen (secondary N) is 1. The Labute approximate surface area is 176 Å². The predicted octanol–water partition coefficient (Wildman–Crippen LogP) is 4.80. The average molecular weight is 419 g/mol. The van der Waals surface area contributed by atoms with Crippen molar-refractivity contribution in [1.29, 1.82) is 0 Å². The zero-order chi connectivity index (χ0) is 22.0. The molecule has 0 spiro atoms. The number of carbonyl (C=O) groups is 2. The molecule has 7 heteroatoms. The number of hydrogen-bond acceptors (Lipinski definition) is 6. The van der Waals surface area contributed by atoms with Crippen LogP contribution in [0, 0.1) is 0 Å². The topological polar surface area (TPSA) is 88.5 Å². The number of thiazole rings is 1. The minimum Gasteiger partial charge on any atom is -0.507 e. The van der Waals surface area contributed by atoms with Gasteiger partial charge in [0.25, 0.3) is 5.91 Å². The molecule has 0 aliphatic heterocycles. The van der Waals surface area contributed by atoms with Crippen LogP contribution in [0.4, 0.5) is 5.13 Å². The quantitative estimate of drug-likeness (QED) is 0.681. The molecule has 1 amide bonds. The van der Waals surface area contributed by atoms with Gasteiger partial charge in [-0.2, -0.15) is 0 Å². The molecule has 6 nitrogen and oxygen atoms in total. The third kappa shape index (κ3) is 5.79. The fourth-order valence-electron chi connectivity index (χ4n) is 2.88. The summed E-state index contributed by atoms with van der Waals surface area (Å²) in [7, 11) is 0. The lowest BCUT2D eigenvalue weighted by atomic mass is 9.78. The van der Waals surface area contributed by atoms with Crippen molar-refractivity contribution in [2.45, 2.75) is 65.7 Å². The number of ether oxygens (including phenoxy) is 1. The molecule has 1 aromatic carbocycles. The standard InChI is InChI=1S/C22H30N2O4S/c1-8-28-17(25)11-14-12-29-20(23-14)24-19(27)13-9-15(21(2,3)4)18(26)16(10-13)22(5,6)7/h9-10,12,26H,8,11H2,1-7H3,(H,23,24,27). The largest absolute Gasteiger partial charge is 0.507 e. The van der Waals surface area contributed by atoms with E-state index in [-0.39, 0.29) is 34.9 Å². The van der Waals surface area contributed by atoms with E-state index in [0.29, 0.717) is 23.0 Å². The fraction of sp³-hybridized carbons (Fsp3) is 0.500. The number of phenols is 1. The van der Waals surface area contributed by atoms with Crippen LogP contribution in [0.5, 0.6) is 5.75 Å². The molecule has 0 fully saturated rings. The third-order valence-electron chi connectivity index (χ3n) is 4.39. The predicted molar refractivity (Wildman–Crippen MR) is 116 cm³/mol. The van der Waals surface area contributed by atoms with E-state index in [1.165, 1.54) is 11.3 Å². The molecule has 2 N–H and O–H groups in total. The molecule has 0 saturated heterocycles. The van der Waals surface area contributed by atoms with E-state index < -0.39 is 0 Å². The highest BCUT2D eigenvalue weighted by Gasteiger charge is 2.28. The van der Waals surface area contributed by atoms with Crippen LogP contribution >= 0.6 is 11.3 Å². The van der Waals surface area contributed by atoms with Gasteiger partial charge in [0, 0.05) is 22.1 Å². The van der Waals surface area contributed by atoms with Crippen LogP contribution in [0.1, 0.15) is 75.6 Å². The van der Waals surface area contributed by atoms with E-state index in [0.717, 1.165) is 11.1 Å². The summed E-state index contributed by atoms with van der Waals surface area (Å²) in [6.07, 6.45) is 0.0712. The summed E-state index contributed by atoms with van der Waals surface area (Å²) < 4.78 is 4.92. The molecule has 0 aliphatic carbocycles. The minimum atomic E-state index is -0.348. The number of rotatable bonds is 5. The second-order valence-electron chi connectivity index (χ2n) is 9.00. The Kier molecular flexibility index (Phi) is 6.73. The zero-order valence-corrected chi connectivity index (χ0v) is 19.0. The first-order valence-electron chi connectivity index (χ1n) is 9.62. The minimum absolute atomic E-state index is 0.0712. The molecule has 29 heavy (non-hydrogen) atoms.